The summed E-state index contributed by atoms with van der Waals surface area (Å²) in [7, 11) is -4.33. The van der Waals surface area contributed by atoms with Crippen molar-refractivity contribution in [3.05, 3.63) is 0 Å². The first-order valence-electron chi connectivity index (χ1n) is 0.667. The second-order valence-electron chi connectivity index (χ2n) is 0.408. The van der Waals surface area contributed by atoms with E-state index >= 15 is 0 Å². The monoisotopic (exact) mass is 174 g/mol. The normalized spacial score (nSPS) is 7.25. The van der Waals surface area contributed by atoms with Crippen molar-refractivity contribution >= 4 is 20.2 Å². The van der Waals surface area contributed by atoms with Gasteiger partial charge in [-0.15, -0.1) is 9.05 Å². The third-order valence-electron chi connectivity index (χ3n) is 0. The summed E-state index contributed by atoms with van der Waals surface area (Å²) in [5.41, 5.74) is 0. The quantitative estimate of drug-likeness (QED) is 0.343. The van der Waals surface area contributed by atoms with Crippen LogP contribution in [0.15, 0.2) is 0 Å². The number of hydrogen-bond acceptors (Lipinski definition) is 4. The third-order valence-corrected chi connectivity index (χ3v) is 0. The maximum absolute atomic E-state index is 8.89. The second kappa shape index (κ2) is 9.29. The van der Waals surface area contributed by atoms with Crippen molar-refractivity contribution in [3.63, 3.8) is 0 Å². The minimum absolute atomic E-state index is 0. The molecule has 0 rings (SSSR count). The van der Waals surface area contributed by atoms with E-state index in [1.54, 1.807) is 0 Å². The predicted molar refractivity (Wildman–Crippen MR) is 23.8 cm³/mol. The Hall–Kier alpha value is 2.29. The van der Waals surface area contributed by atoms with Crippen LogP contribution in [0.4, 0.5) is 0 Å². The molecule has 0 saturated carbocycles. The van der Waals surface area contributed by atoms with Gasteiger partial charge in [-0.05, 0) is 11.2 Å². The fourth-order valence-electron chi connectivity index (χ4n) is 0. The first-order valence-corrected chi connectivity index (χ1v) is 3.00. The van der Waals surface area contributed by atoms with Crippen molar-refractivity contribution < 1.29 is 72.4 Å². The van der Waals surface area contributed by atoms with Gasteiger partial charge in [0, 0.05) is 0 Å². The van der Waals surface area contributed by atoms with E-state index in [0.717, 1.165) is 0 Å². The average Bonchev–Trinajstić information content (AvgIpc) is 0.722. The third kappa shape index (κ3) is 84.0. The van der Waals surface area contributed by atoms with Crippen molar-refractivity contribution in [2.75, 3.05) is 0 Å². The summed E-state index contributed by atoms with van der Waals surface area (Å²) in [6.07, 6.45) is 0. The molecule has 0 N–H and O–H groups in total. The molecule has 0 unspecified atom stereocenters. The summed E-state index contributed by atoms with van der Waals surface area (Å²) in [6, 6.07) is 0. The summed E-state index contributed by atoms with van der Waals surface area (Å²) in [5, 5.41) is 0. The van der Waals surface area contributed by atoms with Crippen molar-refractivity contribution in [1.29, 1.82) is 0 Å². The number of hydrogen-bond donors (Lipinski definition) is 0. The van der Waals surface area contributed by atoms with E-state index < -0.39 is 9.05 Å². The largest absolute Gasteiger partial charge is 1.00 e. The van der Waals surface area contributed by atoms with Crippen molar-refractivity contribution in [2.24, 2.45) is 0 Å². The fourth-order valence-corrected chi connectivity index (χ4v) is 0. The van der Waals surface area contributed by atoms with Gasteiger partial charge in [0.05, 0.1) is 0 Å². The second-order valence-corrected chi connectivity index (χ2v) is 2.45. The van der Waals surface area contributed by atoms with E-state index in [1.807, 2.05) is 0 Å². The zero-order chi connectivity index (χ0) is 4.50. The number of rotatable bonds is 0. The van der Waals surface area contributed by atoms with Gasteiger partial charge in [0.2, 0.25) is 0 Å². The average molecular weight is 174 g/mol. The van der Waals surface area contributed by atoms with Crippen LogP contribution in [0.3, 0.4) is 0 Å². The molecule has 7 heteroatoms. The van der Waals surface area contributed by atoms with Crippen LogP contribution in [0.5, 0.6) is 0 Å². The zero-order valence-electron chi connectivity index (χ0n) is 4.04. The van der Waals surface area contributed by atoms with Crippen LogP contribution < -0.4 is 59.1 Å². The standard InChI is InChI=1S/CH4.2Na.H2O3S2/c;;;1-5(2,3)4/h1H4;;;(H2,1,2,3,4)/q;2*+1;/p-2. The van der Waals surface area contributed by atoms with Crippen LogP contribution in [-0.2, 0) is 20.2 Å². The van der Waals surface area contributed by atoms with Gasteiger partial charge < -0.3 is 9.11 Å². The molecule has 0 fully saturated rings. The minimum Gasteiger partial charge on any atom is -0.780 e. The molecule has 0 spiro atoms. The van der Waals surface area contributed by atoms with Crippen LogP contribution in [0, 0.1) is 0 Å². The van der Waals surface area contributed by atoms with Crippen LogP contribution in [0.25, 0.3) is 0 Å². The molecule has 0 aliphatic heterocycles. The molecule has 0 aromatic carbocycles. The Morgan fingerprint density at radius 1 is 1.25 bits per heavy atom. The van der Waals surface area contributed by atoms with E-state index in [0.29, 0.717) is 0 Å². The molecular formula is CH4Na2O3S2. The van der Waals surface area contributed by atoms with Crippen molar-refractivity contribution in [1.82, 2.24) is 0 Å². The minimum atomic E-state index is -4.33. The molecule has 0 saturated heterocycles. The van der Waals surface area contributed by atoms with Gasteiger partial charge in [-0.2, -0.15) is 0 Å². The SMILES string of the molecule is C.O=S([O-])([O-])=S.[Na+].[Na+]. The topological polar surface area (TPSA) is 63.2 Å². The molecule has 8 heavy (non-hydrogen) atoms. The predicted octanol–water partition coefficient (Wildman–Crippen LogP) is -6.36. The first-order chi connectivity index (χ1) is 2.00. The maximum Gasteiger partial charge on any atom is 1.00 e. The van der Waals surface area contributed by atoms with E-state index in [9.17, 15) is 0 Å². The molecule has 0 heterocycles. The molecule has 0 aromatic heterocycles. The zero-order valence-corrected chi connectivity index (χ0v) is 9.67. The van der Waals surface area contributed by atoms with E-state index in [1.165, 1.54) is 0 Å². The Morgan fingerprint density at radius 2 is 1.25 bits per heavy atom. The van der Waals surface area contributed by atoms with Gasteiger partial charge in [-0.25, -0.2) is 0 Å². The van der Waals surface area contributed by atoms with Gasteiger partial charge in [-0.3, -0.25) is 4.21 Å². The van der Waals surface area contributed by atoms with Crippen LogP contribution >= 0.6 is 0 Å². The Balaban J connectivity index is -0.0000000267. The molecule has 0 aliphatic carbocycles. The first kappa shape index (κ1) is 22.4. The fraction of sp³-hybridized carbons (Fsp3) is 1.00. The molecule has 0 atom stereocenters. The van der Waals surface area contributed by atoms with E-state index in [2.05, 4.69) is 11.2 Å². The van der Waals surface area contributed by atoms with Crippen LogP contribution in [0.2, 0.25) is 0 Å². The van der Waals surface area contributed by atoms with Crippen LogP contribution in [-0.4, -0.2) is 13.3 Å². The smallest absolute Gasteiger partial charge is 0.780 e. The molecule has 40 valence electrons. The Bertz CT molecular complexity index is 98.5. The van der Waals surface area contributed by atoms with Crippen LogP contribution in [0.1, 0.15) is 7.43 Å². The van der Waals surface area contributed by atoms with Gasteiger partial charge in [0.1, 0.15) is 0 Å². The summed E-state index contributed by atoms with van der Waals surface area (Å²) < 4.78 is 26.7. The van der Waals surface area contributed by atoms with Gasteiger partial charge >= 0.3 is 59.1 Å². The Morgan fingerprint density at radius 3 is 1.25 bits per heavy atom. The summed E-state index contributed by atoms with van der Waals surface area (Å²) in [4.78, 5) is 0. The summed E-state index contributed by atoms with van der Waals surface area (Å²) in [5.74, 6) is 0. The van der Waals surface area contributed by atoms with Gasteiger partial charge in [0.25, 0.3) is 0 Å². The molecular weight excluding hydrogens is 170 g/mol. The molecule has 0 aliphatic rings. The van der Waals surface area contributed by atoms with E-state index in [4.69, 9.17) is 13.3 Å². The van der Waals surface area contributed by atoms with E-state index in [-0.39, 0.29) is 66.5 Å². The van der Waals surface area contributed by atoms with Crippen molar-refractivity contribution in [3.8, 4) is 0 Å². The Labute approximate surface area is 98.5 Å². The Kier molecular flexibility index (Phi) is 26.1. The van der Waals surface area contributed by atoms with Crippen molar-refractivity contribution in [2.45, 2.75) is 7.43 Å². The molecule has 0 bridgehead atoms. The van der Waals surface area contributed by atoms with Gasteiger partial charge in [-0.1, -0.05) is 7.43 Å². The molecule has 0 radical (unpaired) electrons. The molecule has 0 aromatic rings. The molecule has 3 nitrogen and oxygen atoms in total. The van der Waals surface area contributed by atoms with Gasteiger partial charge in [0.15, 0.2) is 0 Å². The molecule has 0 amide bonds. The summed E-state index contributed by atoms with van der Waals surface area (Å²) >= 11 is 3.24. The summed E-state index contributed by atoms with van der Waals surface area (Å²) in [6.45, 7) is 0. The maximum atomic E-state index is 8.89.